The maximum Gasteiger partial charge on any atom is 0.141 e. The third-order valence-electron chi connectivity index (χ3n) is 2.93. The lowest BCUT2D eigenvalue weighted by molar-refractivity contribution is 0.197. The minimum Gasteiger partial charge on any atom is -0.395 e. The van der Waals surface area contributed by atoms with Crippen LogP contribution in [0, 0.1) is 11.7 Å². The Labute approximate surface area is 102 Å². The van der Waals surface area contributed by atoms with Crippen LogP contribution < -0.4 is 5.32 Å². The minimum absolute atomic E-state index is 0.0341. The van der Waals surface area contributed by atoms with E-state index in [2.05, 4.69) is 24.1 Å². The van der Waals surface area contributed by atoms with Crippen LogP contribution in [0.25, 0.3) is 0 Å². The van der Waals surface area contributed by atoms with E-state index in [1.54, 1.807) is 6.07 Å². The number of halogens is 1. The number of rotatable bonds is 6. The van der Waals surface area contributed by atoms with Crippen molar-refractivity contribution < 1.29 is 9.50 Å². The molecule has 2 unspecified atom stereocenters. The zero-order valence-electron chi connectivity index (χ0n) is 10.7. The molecule has 0 spiro atoms. The first-order valence-electron chi connectivity index (χ1n) is 6.06. The molecule has 17 heavy (non-hydrogen) atoms. The van der Waals surface area contributed by atoms with Gasteiger partial charge < -0.3 is 10.4 Å². The highest BCUT2D eigenvalue weighted by Gasteiger charge is 2.18. The molecule has 1 rings (SSSR count). The van der Waals surface area contributed by atoms with Crippen LogP contribution in [0.4, 0.5) is 4.39 Å². The third kappa shape index (κ3) is 4.06. The van der Waals surface area contributed by atoms with E-state index in [0.717, 1.165) is 12.1 Å². The Morgan fingerprint density at radius 3 is 2.53 bits per heavy atom. The number of hydrogen-bond donors (Lipinski definition) is 2. The number of pyridine rings is 1. The predicted molar refractivity (Wildman–Crippen MR) is 66.1 cm³/mol. The predicted octanol–water partition coefficient (Wildman–Crippen LogP) is 2.28. The maximum atomic E-state index is 12.8. The summed E-state index contributed by atoms with van der Waals surface area (Å²) in [6.45, 7) is 6.24. The van der Waals surface area contributed by atoms with Crippen molar-refractivity contribution in [3.05, 3.63) is 29.8 Å². The van der Waals surface area contributed by atoms with Gasteiger partial charge in [0, 0.05) is 12.1 Å². The van der Waals surface area contributed by atoms with Crippen molar-refractivity contribution >= 4 is 0 Å². The average Bonchev–Trinajstić information content (AvgIpc) is 2.32. The third-order valence-corrected chi connectivity index (χ3v) is 2.93. The normalized spacial score (nSPS) is 14.9. The number of hydrogen-bond acceptors (Lipinski definition) is 3. The first-order valence-corrected chi connectivity index (χ1v) is 6.06. The Kier molecular flexibility index (Phi) is 5.51. The lowest BCUT2D eigenvalue weighted by atomic mass is 10.0. The number of nitrogens with zero attached hydrogens (tertiary/aromatic N) is 1. The molecular formula is C13H21FN2O. The molecule has 4 heteroatoms. The van der Waals surface area contributed by atoms with Crippen LogP contribution in [0.1, 0.15) is 38.9 Å². The average molecular weight is 240 g/mol. The van der Waals surface area contributed by atoms with Crippen molar-refractivity contribution in [3.63, 3.8) is 0 Å². The molecule has 0 bridgehead atoms. The van der Waals surface area contributed by atoms with Crippen LogP contribution in [0.3, 0.4) is 0 Å². The van der Waals surface area contributed by atoms with Gasteiger partial charge in [-0.1, -0.05) is 20.8 Å². The molecule has 0 aliphatic carbocycles. The molecule has 0 saturated carbocycles. The van der Waals surface area contributed by atoms with Gasteiger partial charge in [-0.3, -0.25) is 4.98 Å². The largest absolute Gasteiger partial charge is 0.395 e. The number of aliphatic hydroxyl groups is 1. The molecule has 2 N–H and O–H groups in total. The first kappa shape index (κ1) is 14.1. The van der Waals surface area contributed by atoms with E-state index < -0.39 is 0 Å². The van der Waals surface area contributed by atoms with E-state index in [0.29, 0.717) is 5.92 Å². The van der Waals surface area contributed by atoms with Crippen molar-refractivity contribution in [3.8, 4) is 0 Å². The molecule has 0 amide bonds. The quantitative estimate of drug-likeness (QED) is 0.802. The SMILES string of the molecule is CCC(NC(CO)C(C)C)c1ccc(F)cn1. The van der Waals surface area contributed by atoms with Crippen molar-refractivity contribution in [1.29, 1.82) is 0 Å². The van der Waals surface area contributed by atoms with Crippen LogP contribution in [-0.2, 0) is 0 Å². The fraction of sp³-hybridized carbons (Fsp3) is 0.615. The van der Waals surface area contributed by atoms with Gasteiger partial charge in [0.25, 0.3) is 0 Å². The molecule has 0 aromatic carbocycles. The molecule has 0 aliphatic heterocycles. The molecule has 0 aliphatic rings. The van der Waals surface area contributed by atoms with Crippen LogP contribution in [-0.4, -0.2) is 22.7 Å². The molecule has 1 aromatic heterocycles. The van der Waals surface area contributed by atoms with Gasteiger partial charge in [-0.25, -0.2) is 4.39 Å². The summed E-state index contributed by atoms with van der Waals surface area (Å²) in [6, 6.07) is 3.18. The summed E-state index contributed by atoms with van der Waals surface area (Å²) in [7, 11) is 0. The van der Waals surface area contributed by atoms with Crippen molar-refractivity contribution in [2.24, 2.45) is 5.92 Å². The Morgan fingerprint density at radius 1 is 1.41 bits per heavy atom. The minimum atomic E-state index is -0.328. The van der Waals surface area contributed by atoms with Gasteiger partial charge in [-0.15, -0.1) is 0 Å². The van der Waals surface area contributed by atoms with Crippen molar-refractivity contribution in [2.75, 3.05) is 6.61 Å². The topological polar surface area (TPSA) is 45.1 Å². The van der Waals surface area contributed by atoms with Gasteiger partial charge in [0.15, 0.2) is 0 Å². The van der Waals surface area contributed by atoms with Crippen molar-refractivity contribution in [1.82, 2.24) is 10.3 Å². The lowest BCUT2D eigenvalue weighted by Crippen LogP contribution is -2.39. The molecule has 96 valence electrons. The molecule has 1 heterocycles. The molecule has 0 radical (unpaired) electrons. The van der Waals surface area contributed by atoms with Crippen LogP contribution in [0.5, 0.6) is 0 Å². The highest BCUT2D eigenvalue weighted by atomic mass is 19.1. The summed E-state index contributed by atoms with van der Waals surface area (Å²) in [5.74, 6) is 0.0145. The van der Waals surface area contributed by atoms with Gasteiger partial charge in [0.1, 0.15) is 5.82 Å². The standard InChI is InChI=1S/C13H21FN2O/c1-4-11(16-13(8-17)9(2)3)12-6-5-10(14)7-15-12/h5-7,9,11,13,16-17H,4,8H2,1-3H3. The van der Waals surface area contributed by atoms with Crippen LogP contribution in [0.2, 0.25) is 0 Å². The maximum absolute atomic E-state index is 12.8. The van der Waals surface area contributed by atoms with E-state index >= 15 is 0 Å². The molecule has 2 atom stereocenters. The summed E-state index contributed by atoms with van der Waals surface area (Å²) < 4.78 is 12.8. The molecule has 0 fully saturated rings. The Hall–Kier alpha value is -1.00. The van der Waals surface area contributed by atoms with Gasteiger partial charge in [0.2, 0.25) is 0 Å². The van der Waals surface area contributed by atoms with Gasteiger partial charge in [-0.2, -0.15) is 0 Å². The van der Waals surface area contributed by atoms with Crippen LogP contribution in [0.15, 0.2) is 18.3 Å². The second-order valence-electron chi connectivity index (χ2n) is 4.56. The van der Waals surface area contributed by atoms with E-state index in [1.165, 1.54) is 12.3 Å². The summed E-state index contributed by atoms with van der Waals surface area (Å²) in [5.41, 5.74) is 0.813. The number of aromatic nitrogens is 1. The zero-order valence-corrected chi connectivity index (χ0v) is 10.7. The Bertz CT molecular complexity index is 327. The number of nitrogens with one attached hydrogen (secondary N) is 1. The summed E-state index contributed by atoms with van der Waals surface area (Å²) >= 11 is 0. The summed E-state index contributed by atoms with van der Waals surface area (Å²) in [4.78, 5) is 4.08. The zero-order chi connectivity index (χ0) is 12.8. The molecule has 3 nitrogen and oxygen atoms in total. The van der Waals surface area contributed by atoms with E-state index in [4.69, 9.17) is 0 Å². The van der Waals surface area contributed by atoms with Crippen LogP contribution >= 0.6 is 0 Å². The smallest absolute Gasteiger partial charge is 0.141 e. The van der Waals surface area contributed by atoms with E-state index in [-0.39, 0.29) is 24.5 Å². The van der Waals surface area contributed by atoms with Crippen molar-refractivity contribution in [2.45, 2.75) is 39.3 Å². The van der Waals surface area contributed by atoms with E-state index in [9.17, 15) is 9.50 Å². The monoisotopic (exact) mass is 240 g/mol. The second kappa shape index (κ2) is 6.67. The highest BCUT2D eigenvalue weighted by molar-refractivity contribution is 5.10. The fourth-order valence-corrected chi connectivity index (χ4v) is 1.72. The van der Waals surface area contributed by atoms with Gasteiger partial charge in [-0.05, 0) is 24.5 Å². The molecular weight excluding hydrogens is 219 g/mol. The Balaban J connectivity index is 2.74. The van der Waals surface area contributed by atoms with E-state index in [1.807, 2.05) is 6.92 Å². The summed E-state index contributed by atoms with van der Waals surface area (Å²) in [5, 5.41) is 12.6. The Morgan fingerprint density at radius 2 is 2.12 bits per heavy atom. The van der Waals surface area contributed by atoms with Gasteiger partial charge in [0.05, 0.1) is 18.5 Å². The van der Waals surface area contributed by atoms with Gasteiger partial charge >= 0.3 is 0 Å². The highest BCUT2D eigenvalue weighted by Crippen LogP contribution is 2.16. The molecule has 0 saturated heterocycles. The second-order valence-corrected chi connectivity index (χ2v) is 4.56. The summed E-state index contributed by atoms with van der Waals surface area (Å²) in [6.07, 6.45) is 2.07. The number of aliphatic hydroxyl groups excluding tert-OH is 1. The fourth-order valence-electron chi connectivity index (χ4n) is 1.72. The molecule has 1 aromatic rings. The first-order chi connectivity index (χ1) is 8.08. The lowest BCUT2D eigenvalue weighted by Gasteiger charge is -2.26.